The van der Waals surface area contributed by atoms with Gasteiger partial charge in [0.25, 0.3) is 0 Å². The smallest absolute Gasteiger partial charge is 0.497 e. The molecule has 0 unspecified atom stereocenters. The number of nitrogens with zero attached hydrogens (tertiary/aromatic N) is 8. The zero-order chi connectivity index (χ0) is 40.8. The van der Waals surface area contributed by atoms with Crippen molar-refractivity contribution < 1.29 is 103 Å². The Labute approximate surface area is 343 Å². The number of halogens is 2. The number of ether oxygens (including phenoxy) is 6. The van der Waals surface area contributed by atoms with Crippen molar-refractivity contribution in [2.75, 3.05) is 93.3 Å². The molecule has 0 bridgehead atoms. The molecule has 1 aliphatic rings. The van der Waals surface area contributed by atoms with Crippen molar-refractivity contribution in [3.05, 3.63) is 72.3 Å². The molecule has 2 aromatic carbocycles. The molecule has 1 fully saturated rings. The van der Waals surface area contributed by atoms with Crippen molar-refractivity contribution in [2.45, 2.75) is 13.1 Å². The Morgan fingerprint density at radius 1 is 0.509 bits per heavy atom. The van der Waals surface area contributed by atoms with E-state index in [0.717, 1.165) is 60.4 Å². The maximum atomic E-state index is 8.49. The summed E-state index contributed by atoms with van der Waals surface area (Å²) in [6.45, 7) is 8.64. The van der Waals surface area contributed by atoms with Crippen LogP contribution < -0.4 is 46.7 Å². The van der Waals surface area contributed by atoms with Gasteiger partial charge >= 0.3 is 17.1 Å². The van der Waals surface area contributed by atoms with Crippen LogP contribution in [0.2, 0.25) is 0 Å². The summed E-state index contributed by atoms with van der Waals surface area (Å²) in [7, 11) is -6.59. The zero-order valence-corrected chi connectivity index (χ0v) is 33.5. The Bertz CT molecular complexity index is 1480. The molecular formula is C32H44Cl2CuN8O14. The van der Waals surface area contributed by atoms with Crippen LogP contribution in [-0.4, -0.2) is 133 Å². The van der Waals surface area contributed by atoms with Crippen molar-refractivity contribution in [2.24, 2.45) is 0 Å². The monoisotopic (exact) mass is 897 g/mol. The molecule has 5 rings (SSSR count). The number of hydrogen-bond donors (Lipinski definition) is 0. The first-order chi connectivity index (χ1) is 26.7. The number of benzene rings is 2. The van der Waals surface area contributed by atoms with Crippen molar-refractivity contribution in [1.82, 2.24) is 39.8 Å². The summed E-state index contributed by atoms with van der Waals surface area (Å²) in [6, 6.07) is 15.4. The van der Waals surface area contributed by atoms with Gasteiger partial charge in [-0.05, 0) is 48.5 Å². The molecule has 0 aliphatic carbocycles. The van der Waals surface area contributed by atoms with Crippen LogP contribution in [0, 0.1) is 20.5 Å². The fourth-order valence-electron chi connectivity index (χ4n) is 4.88. The number of aromatic nitrogens is 6. The van der Waals surface area contributed by atoms with Crippen LogP contribution in [0.25, 0.3) is 11.4 Å². The van der Waals surface area contributed by atoms with Crippen LogP contribution >= 0.6 is 0 Å². The van der Waals surface area contributed by atoms with E-state index in [4.69, 9.17) is 65.7 Å². The number of methoxy groups -OCH3 is 2. The SMILES string of the molecule is COc1ccc(-n2cc(CN3CCOCCOCCN(Cc4cn(-c5ccc(OC)cc5)nn4)CCOCCOCC3)nn2)cc1.[Cu+2].[O-][Cl+3]([O-])([O-])[O-].[O-][Cl+3]([O-])([O-])[O-]. The molecule has 0 saturated carbocycles. The number of hydrogen-bond acceptors (Lipinski definition) is 20. The fourth-order valence-corrected chi connectivity index (χ4v) is 4.88. The molecule has 2 aromatic heterocycles. The molecular weight excluding hydrogens is 855 g/mol. The molecule has 0 spiro atoms. The molecule has 1 saturated heterocycles. The van der Waals surface area contributed by atoms with Crippen LogP contribution in [0.15, 0.2) is 60.9 Å². The predicted molar refractivity (Wildman–Crippen MR) is 170 cm³/mol. The minimum atomic E-state index is -4.94. The Hall–Kier alpha value is -3.14. The standard InChI is InChI=1S/C32H44N8O6.2ClHO4.Cu/c1-41-31-7-3-29(4-8-31)39-25-27(33-35-39)23-37-11-15-43-19-21-45-17-13-38(14-18-46-22-20-44-16-12-37)24-28-26-40(36-34-28)30-5-9-32(42-2)10-6-30;2*2-1(3,4)5;/h3-10,25-26H,11-24H2,1-2H3;2*(H,2,3,4,5);/q;;;+2/p-2. The summed E-state index contributed by atoms with van der Waals surface area (Å²) in [5.41, 5.74) is 3.59. The maximum absolute atomic E-state index is 8.49. The van der Waals surface area contributed by atoms with Crippen molar-refractivity contribution >= 4 is 0 Å². The van der Waals surface area contributed by atoms with Gasteiger partial charge in [0.15, 0.2) is 0 Å². The molecule has 321 valence electrons. The normalized spacial score (nSPS) is 16.0. The van der Waals surface area contributed by atoms with E-state index in [1.54, 1.807) is 23.6 Å². The predicted octanol–water partition coefficient (Wildman–Crippen LogP) is -7.27. The third kappa shape index (κ3) is 23.1. The summed E-state index contributed by atoms with van der Waals surface area (Å²) < 4.78 is 106. The Kier molecular flexibility index (Phi) is 23.5. The van der Waals surface area contributed by atoms with E-state index in [1.807, 2.05) is 60.9 Å². The topological polar surface area (TPSA) is 308 Å². The van der Waals surface area contributed by atoms with Gasteiger partial charge in [-0.2, -0.15) is 0 Å². The van der Waals surface area contributed by atoms with Crippen LogP contribution in [0.1, 0.15) is 11.4 Å². The van der Waals surface area contributed by atoms with Crippen LogP contribution in [0.5, 0.6) is 11.5 Å². The van der Waals surface area contributed by atoms with Gasteiger partial charge in [0.05, 0.1) is 102 Å². The van der Waals surface area contributed by atoms with Crippen molar-refractivity contribution in [1.29, 1.82) is 0 Å². The van der Waals surface area contributed by atoms with E-state index in [-0.39, 0.29) is 17.1 Å². The molecule has 1 aliphatic heterocycles. The van der Waals surface area contributed by atoms with Gasteiger partial charge in [0.2, 0.25) is 0 Å². The second-order valence-corrected chi connectivity index (χ2v) is 13.0. The first-order valence-electron chi connectivity index (χ1n) is 16.8. The Morgan fingerprint density at radius 3 is 1.05 bits per heavy atom. The van der Waals surface area contributed by atoms with E-state index >= 15 is 0 Å². The third-order valence-electron chi connectivity index (χ3n) is 7.48. The quantitative estimate of drug-likeness (QED) is 0.148. The molecule has 0 amide bonds. The van der Waals surface area contributed by atoms with E-state index in [2.05, 4.69) is 30.4 Å². The molecule has 57 heavy (non-hydrogen) atoms. The van der Waals surface area contributed by atoms with Crippen LogP contribution in [-0.2, 0) is 49.1 Å². The minimum Gasteiger partial charge on any atom is -0.497 e. The van der Waals surface area contributed by atoms with Crippen molar-refractivity contribution in [3.63, 3.8) is 0 Å². The van der Waals surface area contributed by atoms with Gasteiger partial charge in [0.1, 0.15) is 11.5 Å². The van der Waals surface area contributed by atoms with Gasteiger partial charge in [0, 0.05) is 39.3 Å². The average molecular weight is 899 g/mol. The first-order valence-corrected chi connectivity index (χ1v) is 19.3. The third-order valence-corrected chi connectivity index (χ3v) is 7.48. The molecule has 0 atom stereocenters. The first kappa shape index (κ1) is 50.0. The summed E-state index contributed by atoms with van der Waals surface area (Å²) in [5, 5.41) is 17.4. The number of rotatable bonds is 8. The summed E-state index contributed by atoms with van der Waals surface area (Å²) in [4.78, 5) is 4.52. The minimum absolute atomic E-state index is 0. The fraction of sp³-hybridized carbons (Fsp3) is 0.500. The average Bonchev–Trinajstić information content (AvgIpc) is 3.82. The molecule has 25 heteroatoms. The van der Waals surface area contributed by atoms with Gasteiger partial charge in [-0.1, -0.05) is 10.4 Å². The Balaban J connectivity index is 0.000000909. The zero-order valence-electron chi connectivity index (χ0n) is 31.0. The van der Waals surface area contributed by atoms with Gasteiger partial charge < -0.3 is 28.4 Å². The van der Waals surface area contributed by atoms with Gasteiger partial charge in [-0.25, -0.2) is 46.6 Å². The van der Waals surface area contributed by atoms with E-state index in [9.17, 15) is 0 Å². The summed E-state index contributed by atoms with van der Waals surface area (Å²) >= 11 is 0. The van der Waals surface area contributed by atoms with Gasteiger partial charge in [-0.15, -0.1) is 30.7 Å². The summed E-state index contributed by atoms with van der Waals surface area (Å²) in [5.74, 6) is 1.60. The second kappa shape index (κ2) is 26.8. The van der Waals surface area contributed by atoms with E-state index in [0.29, 0.717) is 65.9 Å². The largest absolute Gasteiger partial charge is 2.00 e. The van der Waals surface area contributed by atoms with Crippen LogP contribution in [0.4, 0.5) is 0 Å². The van der Waals surface area contributed by atoms with E-state index in [1.165, 1.54) is 0 Å². The molecule has 0 N–H and O–H groups in total. The molecule has 4 aromatic rings. The van der Waals surface area contributed by atoms with Crippen LogP contribution in [0.3, 0.4) is 0 Å². The van der Waals surface area contributed by atoms with E-state index < -0.39 is 20.5 Å². The molecule has 22 nitrogen and oxygen atoms in total. The second-order valence-electron chi connectivity index (χ2n) is 11.5. The molecule has 3 heterocycles. The van der Waals surface area contributed by atoms with Gasteiger partial charge in [-0.3, -0.25) is 9.80 Å². The van der Waals surface area contributed by atoms with Crippen molar-refractivity contribution in [3.8, 4) is 22.9 Å². The maximum Gasteiger partial charge on any atom is 2.00 e. The summed E-state index contributed by atoms with van der Waals surface area (Å²) in [6.07, 6.45) is 3.89. The molecule has 1 radical (unpaired) electrons. The Morgan fingerprint density at radius 2 is 0.789 bits per heavy atom.